The van der Waals surface area contributed by atoms with Crippen LogP contribution >= 0.6 is 0 Å². The fraction of sp³-hybridized carbons (Fsp3) is 0.0714. The first kappa shape index (κ1) is 12.8. The minimum absolute atomic E-state index is 0.0608. The van der Waals surface area contributed by atoms with Gasteiger partial charge in [0, 0.05) is 0 Å². The Morgan fingerprint density at radius 3 is 3.00 bits per heavy atom. The van der Waals surface area contributed by atoms with Gasteiger partial charge in [-0.25, -0.2) is 0 Å². The Morgan fingerprint density at radius 1 is 1.25 bits per heavy atom. The fourth-order valence-electron chi connectivity index (χ4n) is 1.91. The molecule has 6 heteroatoms. The van der Waals surface area contributed by atoms with Crippen LogP contribution in [0.15, 0.2) is 44.3 Å². The molecule has 0 amide bonds. The Kier molecular flexibility index (Phi) is 3.46. The molecule has 1 heterocycles. The van der Waals surface area contributed by atoms with Gasteiger partial charge in [-0.2, -0.15) is 0 Å². The summed E-state index contributed by atoms with van der Waals surface area (Å²) >= 11 is -0.0655. The van der Waals surface area contributed by atoms with E-state index in [-0.39, 0.29) is 20.1 Å². The van der Waals surface area contributed by atoms with E-state index in [1.807, 2.05) is 24.3 Å². The van der Waals surface area contributed by atoms with Gasteiger partial charge in [0.2, 0.25) is 0 Å². The number of hydrogen-bond donors (Lipinski definition) is 1. The number of nitrogens with zero attached hydrogens (tertiary/aromatic N) is 3. The van der Waals surface area contributed by atoms with E-state index in [9.17, 15) is 4.39 Å². The number of halogens is 1. The van der Waals surface area contributed by atoms with Gasteiger partial charge >= 0.3 is 120 Å². The summed E-state index contributed by atoms with van der Waals surface area (Å²) in [7, 11) is 0. The number of nitrogens with one attached hydrogen (secondary N) is 1. The van der Waals surface area contributed by atoms with Gasteiger partial charge in [-0.1, -0.05) is 0 Å². The van der Waals surface area contributed by atoms with Crippen molar-refractivity contribution in [3.63, 3.8) is 0 Å². The van der Waals surface area contributed by atoms with Crippen molar-refractivity contribution >= 4 is 31.6 Å². The molecule has 1 aliphatic rings. The molecule has 2 aromatic carbocycles. The number of benzene rings is 2. The van der Waals surface area contributed by atoms with Crippen LogP contribution in [0.3, 0.4) is 0 Å². The average Bonchev–Trinajstić information content (AvgIpc) is 2.95. The summed E-state index contributed by atoms with van der Waals surface area (Å²) in [6.07, 6.45) is 0. The quantitative estimate of drug-likeness (QED) is 0.745. The zero-order chi connectivity index (χ0) is 13.9. The van der Waals surface area contributed by atoms with Crippen molar-refractivity contribution in [1.29, 1.82) is 5.26 Å². The Bertz CT molecular complexity index is 788. The van der Waals surface area contributed by atoms with Crippen molar-refractivity contribution in [2.24, 2.45) is 7.92 Å². The molecular weight excluding hydrogens is 322 g/mol. The van der Waals surface area contributed by atoms with E-state index in [2.05, 4.69) is 13.2 Å². The van der Waals surface area contributed by atoms with Crippen molar-refractivity contribution in [1.82, 2.24) is 0 Å². The van der Waals surface area contributed by atoms with Gasteiger partial charge in [-0.3, -0.25) is 0 Å². The summed E-state index contributed by atoms with van der Waals surface area (Å²) in [4.78, 5) is 0. The second kappa shape index (κ2) is 5.41. The molecule has 0 unspecified atom stereocenters. The van der Waals surface area contributed by atoms with E-state index in [4.69, 9.17) is 5.26 Å². The molecule has 0 atom stereocenters. The third-order valence-electron chi connectivity index (χ3n) is 2.92. The standard InChI is InChI=1S/C14H9FN4Se/c15-11-5-4-9(6-10(11)7-16)8-17-12-2-1-3-13-14(12)19-20-18-13/h1-6,17H,8H2. The fourth-order valence-corrected chi connectivity index (χ4v) is 3.07. The van der Waals surface area contributed by atoms with Crippen LogP contribution in [0.25, 0.3) is 0 Å². The number of hydrogen-bond acceptors (Lipinski definition) is 4. The van der Waals surface area contributed by atoms with Crippen molar-refractivity contribution in [3.8, 4) is 6.07 Å². The molecule has 0 bridgehead atoms. The van der Waals surface area contributed by atoms with E-state index in [1.54, 1.807) is 12.1 Å². The summed E-state index contributed by atoms with van der Waals surface area (Å²) in [6.45, 7) is 0.508. The maximum absolute atomic E-state index is 13.2. The molecule has 1 aliphatic heterocycles. The minimum atomic E-state index is -0.492. The van der Waals surface area contributed by atoms with Crippen molar-refractivity contribution < 1.29 is 4.39 Å². The number of anilines is 1. The van der Waals surface area contributed by atoms with E-state index in [1.165, 1.54) is 6.07 Å². The molecule has 98 valence electrons. The van der Waals surface area contributed by atoms with Crippen LogP contribution in [0.5, 0.6) is 0 Å². The molecule has 4 nitrogen and oxygen atoms in total. The molecule has 2 aromatic rings. The zero-order valence-corrected chi connectivity index (χ0v) is 12.0. The number of nitriles is 1. The molecule has 1 N–H and O–H groups in total. The van der Waals surface area contributed by atoms with Crippen molar-refractivity contribution in [3.05, 3.63) is 53.3 Å². The first-order valence-corrected chi connectivity index (χ1v) is 7.45. The summed E-state index contributed by atoms with van der Waals surface area (Å²) in [5.41, 5.74) is 3.61. The molecule has 0 saturated carbocycles. The predicted molar refractivity (Wildman–Crippen MR) is 74.8 cm³/mol. The molecule has 0 aromatic heterocycles. The van der Waals surface area contributed by atoms with Gasteiger partial charge in [0.1, 0.15) is 0 Å². The SMILES string of the molecule is N#Cc1cc(CNc2cccc3c2N=[Se]=N3)ccc1F. The second-order valence-electron chi connectivity index (χ2n) is 4.22. The van der Waals surface area contributed by atoms with E-state index in [0.29, 0.717) is 6.54 Å². The Balaban J connectivity index is 1.80. The number of rotatable bonds is 3. The van der Waals surface area contributed by atoms with Gasteiger partial charge < -0.3 is 0 Å². The average molecular weight is 331 g/mol. The summed E-state index contributed by atoms with van der Waals surface area (Å²) in [5.74, 6) is -0.492. The zero-order valence-electron chi connectivity index (χ0n) is 10.3. The van der Waals surface area contributed by atoms with Crippen molar-refractivity contribution in [2.75, 3.05) is 5.32 Å². The Labute approximate surface area is 121 Å². The summed E-state index contributed by atoms with van der Waals surface area (Å²) in [6, 6.07) is 12.2. The Hall–Kier alpha value is -2.22. The first-order valence-electron chi connectivity index (χ1n) is 5.91. The van der Waals surface area contributed by atoms with Gasteiger partial charge in [0.15, 0.2) is 0 Å². The van der Waals surface area contributed by atoms with Gasteiger partial charge in [-0.05, 0) is 0 Å². The van der Waals surface area contributed by atoms with E-state index < -0.39 is 5.82 Å². The molecule has 0 spiro atoms. The molecular formula is C14H9FN4Se. The summed E-state index contributed by atoms with van der Waals surface area (Å²) < 4.78 is 21.9. The van der Waals surface area contributed by atoms with E-state index in [0.717, 1.165) is 22.6 Å². The molecule has 0 aliphatic carbocycles. The predicted octanol–water partition coefficient (Wildman–Crippen LogP) is 3.66. The normalized spacial score (nSPS) is 11.6. The van der Waals surface area contributed by atoms with Crippen LogP contribution in [-0.4, -0.2) is 14.6 Å². The third-order valence-corrected chi connectivity index (χ3v) is 4.06. The maximum atomic E-state index is 13.2. The van der Waals surface area contributed by atoms with Gasteiger partial charge in [0.05, 0.1) is 0 Å². The van der Waals surface area contributed by atoms with Crippen molar-refractivity contribution in [2.45, 2.75) is 6.54 Å². The molecule has 0 fully saturated rings. The van der Waals surface area contributed by atoms with Crippen LogP contribution < -0.4 is 5.32 Å². The molecule has 3 rings (SSSR count). The van der Waals surface area contributed by atoms with Crippen LogP contribution in [-0.2, 0) is 6.54 Å². The summed E-state index contributed by atoms with van der Waals surface area (Å²) in [5, 5.41) is 12.1. The monoisotopic (exact) mass is 332 g/mol. The topological polar surface area (TPSA) is 60.5 Å². The Morgan fingerprint density at radius 2 is 2.15 bits per heavy atom. The van der Waals surface area contributed by atoms with Gasteiger partial charge in [-0.15, -0.1) is 0 Å². The van der Waals surface area contributed by atoms with Crippen LogP contribution in [0.1, 0.15) is 11.1 Å². The third kappa shape index (κ3) is 2.41. The van der Waals surface area contributed by atoms with Crippen LogP contribution in [0, 0.1) is 17.1 Å². The molecule has 0 saturated heterocycles. The van der Waals surface area contributed by atoms with Crippen LogP contribution in [0.4, 0.5) is 21.5 Å². The molecule has 0 radical (unpaired) electrons. The van der Waals surface area contributed by atoms with Gasteiger partial charge in [0.25, 0.3) is 0 Å². The van der Waals surface area contributed by atoms with Crippen LogP contribution in [0.2, 0.25) is 0 Å². The first-order chi connectivity index (χ1) is 9.78. The molecule has 20 heavy (non-hydrogen) atoms. The second-order valence-corrected chi connectivity index (χ2v) is 5.33. The number of fused-ring (bicyclic) bond motifs is 1. The van der Waals surface area contributed by atoms with E-state index >= 15 is 0 Å².